The number of anilines is 1. The van der Waals surface area contributed by atoms with E-state index in [1.807, 2.05) is 25.1 Å². The second-order valence-electron chi connectivity index (χ2n) is 7.10. The van der Waals surface area contributed by atoms with E-state index in [2.05, 4.69) is 10.6 Å². The minimum absolute atomic E-state index is 0.0202. The van der Waals surface area contributed by atoms with Crippen molar-refractivity contribution in [3.05, 3.63) is 65.3 Å². The highest BCUT2D eigenvalue weighted by Gasteiger charge is 2.41. The molecule has 2 amide bonds. The summed E-state index contributed by atoms with van der Waals surface area (Å²) < 4.78 is 5.42. The minimum atomic E-state index is -0.764. The van der Waals surface area contributed by atoms with E-state index in [0.29, 0.717) is 23.4 Å². The number of amides is 2. The third-order valence-corrected chi connectivity index (χ3v) is 5.12. The Kier molecular flexibility index (Phi) is 4.39. The lowest BCUT2D eigenvalue weighted by atomic mass is 9.76. The van der Waals surface area contributed by atoms with Crippen molar-refractivity contribution in [3.63, 3.8) is 0 Å². The van der Waals surface area contributed by atoms with Crippen LogP contribution in [-0.4, -0.2) is 17.6 Å². The quantitative estimate of drug-likeness (QED) is 0.876. The number of ketones is 1. The molecule has 2 N–H and O–H groups in total. The summed E-state index contributed by atoms with van der Waals surface area (Å²) in [5, 5.41) is 5.62. The molecule has 0 unspecified atom stereocenters. The van der Waals surface area contributed by atoms with Gasteiger partial charge in [0, 0.05) is 35.7 Å². The first-order valence-corrected chi connectivity index (χ1v) is 8.98. The van der Waals surface area contributed by atoms with Gasteiger partial charge >= 0.3 is 0 Å². The second-order valence-corrected chi connectivity index (χ2v) is 7.10. The van der Waals surface area contributed by atoms with Gasteiger partial charge in [-0.2, -0.15) is 0 Å². The van der Waals surface area contributed by atoms with Crippen LogP contribution in [0.3, 0.4) is 0 Å². The molecule has 0 radical (unpaired) electrons. The summed E-state index contributed by atoms with van der Waals surface area (Å²) in [4.78, 5) is 37.8. The molecule has 4 rings (SSSR count). The second kappa shape index (κ2) is 6.87. The Labute approximate surface area is 156 Å². The van der Waals surface area contributed by atoms with Gasteiger partial charge in [0.1, 0.15) is 5.76 Å². The van der Waals surface area contributed by atoms with Crippen LogP contribution in [0.25, 0.3) is 0 Å². The number of hydrogen-bond acceptors (Lipinski definition) is 4. The molecule has 1 aromatic heterocycles. The number of Topliss-reactive ketones (excluding diaryl/α,β-unsaturated/α-hetero) is 1. The van der Waals surface area contributed by atoms with Crippen molar-refractivity contribution in [1.82, 2.24) is 5.32 Å². The van der Waals surface area contributed by atoms with E-state index in [0.717, 1.165) is 11.3 Å². The zero-order chi connectivity index (χ0) is 19.0. The van der Waals surface area contributed by atoms with Crippen molar-refractivity contribution < 1.29 is 18.8 Å². The Morgan fingerprint density at radius 3 is 2.59 bits per heavy atom. The van der Waals surface area contributed by atoms with E-state index in [4.69, 9.17) is 4.42 Å². The number of carbonyl (C=O) groups is 3. The van der Waals surface area contributed by atoms with Gasteiger partial charge in [0.25, 0.3) is 0 Å². The molecule has 0 saturated carbocycles. The van der Waals surface area contributed by atoms with E-state index in [9.17, 15) is 14.4 Å². The van der Waals surface area contributed by atoms with Crippen LogP contribution in [0.15, 0.2) is 58.3 Å². The molecule has 27 heavy (non-hydrogen) atoms. The Hall–Kier alpha value is -3.15. The van der Waals surface area contributed by atoms with E-state index in [1.165, 1.54) is 0 Å². The Bertz CT molecular complexity index is 926. The molecule has 0 saturated heterocycles. The molecular formula is C21H20N2O4. The topological polar surface area (TPSA) is 88.4 Å². The molecule has 0 bridgehead atoms. The fraction of sp³-hybridized carbons (Fsp3) is 0.286. The van der Waals surface area contributed by atoms with Crippen LogP contribution in [-0.2, 0) is 14.4 Å². The van der Waals surface area contributed by atoms with Crippen LogP contribution in [0.5, 0.6) is 0 Å². The average Bonchev–Trinajstić information content (AvgIpc) is 3.17. The summed E-state index contributed by atoms with van der Waals surface area (Å²) in [5.74, 6) is -0.848. The summed E-state index contributed by atoms with van der Waals surface area (Å²) in [6, 6.07) is 11.0. The first-order valence-electron chi connectivity index (χ1n) is 8.98. The summed E-state index contributed by atoms with van der Waals surface area (Å²) in [5.41, 5.74) is 2.71. The predicted octanol–water partition coefficient (Wildman–Crippen LogP) is 3.06. The smallest absolute Gasteiger partial charge is 0.232 e. The summed E-state index contributed by atoms with van der Waals surface area (Å²) in [7, 11) is 0. The molecule has 2 heterocycles. The number of aryl methyl sites for hydroxylation is 1. The SMILES string of the molecule is Cc1ccc(NC(=O)[C@H]2CC(=O)NC3=C2C(=O)C[C@H](c2ccco2)C3)cc1. The maximum absolute atomic E-state index is 12.8. The summed E-state index contributed by atoms with van der Waals surface area (Å²) >= 11 is 0. The highest BCUT2D eigenvalue weighted by atomic mass is 16.3. The summed E-state index contributed by atoms with van der Waals surface area (Å²) in [6.07, 6.45) is 2.31. The number of hydrogen-bond donors (Lipinski definition) is 2. The van der Waals surface area contributed by atoms with Crippen LogP contribution in [0.1, 0.15) is 36.5 Å². The number of nitrogens with one attached hydrogen (secondary N) is 2. The molecule has 138 valence electrons. The Morgan fingerprint density at radius 1 is 1.11 bits per heavy atom. The Morgan fingerprint density at radius 2 is 1.89 bits per heavy atom. The van der Waals surface area contributed by atoms with Crippen molar-refractivity contribution in [2.45, 2.75) is 32.1 Å². The highest BCUT2D eigenvalue weighted by molar-refractivity contribution is 6.09. The van der Waals surface area contributed by atoms with Crippen molar-refractivity contribution in [2.75, 3.05) is 5.32 Å². The van der Waals surface area contributed by atoms with Crippen molar-refractivity contribution in [2.24, 2.45) is 5.92 Å². The molecule has 2 aliphatic rings. The van der Waals surface area contributed by atoms with E-state index in [1.54, 1.807) is 24.5 Å². The minimum Gasteiger partial charge on any atom is -0.469 e. The van der Waals surface area contributed by atoms with E-state index < -0.39 is 5.92 Å². The zero-order valence-electron chi connectivity index (χ0n) is 15.0. The number of carbonyl (C=O) groups excluding carboxylic acids is 3. The molecule has 0 fully saturated rings. The van der Waals surface area contributed by atoms with Gasteiger partial charge in [0.2, 0.25) is 11.8 Å². The number of benzene rings is 1. The molecule has 0 spiro atoms. The lowest BCUT2D eigenvalue weighted by Crippen LogP contribution is -2.43. The van der Waals surface area contributed by atoms with Gasteiger partial charge in [-0.05, 0) is 37.6 Å². The van der Waals surface area contributed by atoms with Gasteiger partial charge in [-0.1, -0.05) is 17.7 Å². The van der Waals surface area contributed by atoms with E-state index >= 15 is 0 Å². The van der Waals surface area contributed by atoms with Crippen LogP contribution in [0, 0.1) is 12.8 Å². The fourth-order valence-electron chi connectivity index (χ4n) is 3.78. The first-order chi connectivity index (χ1) is 13.0. The van der Waals surface area contributed by atoms with Gasteiger partial charge in [-0.3, -0.25) is 14.4 Å². The number of furan rings is 1. The van der Waals surface area contributed by atoms with Crippen molar-refractivity contribution >= 4 is 23.3 Å². The van der Waals surface area contributed by atoms with Crippen molar-refractivity contribution in [1.29, 1.82) is 0 Å². The van der Waals surface area contributed by atoms with Gasteiger partial charge in [-0.15, -0.1) is 0 Å². The molecule has 1 aliphatic heterocycles. The van der Waals surface area contributed by atoms with Crippen LogP contribution < -0.4 is 10.6 Å². The van der Waals surface area contributed by atoms with Gasteiger partial charge < -0.3 is 15.1 Å². The largest absolute Gasteiger partial charge is 0.469 e. The van der Waals surface area contributed by atoms with Gasteiger partial charge in [0.05, 0.1) is 12.2 Å². The number of rotatable bonds is 3. The fourth-order valence-corrected chi connectivity index (χ4v) is 3.78. The van der Waals surface area contributed by atoms with Crippen molar-refractivity contribution in [3.8, 4) is 0 Å². The average molecular weight is 364 g/mol. The molecule has 1 aliphatic carbocycles. The van der Waals surface area contributed by atoms with Gasteiger partial charge in [-0.25, -0.2) is 0 Å². The molecular weight excluding hydrogens is 344 g/mol. The molecule has 2 aromatic rings. The maximum Gasteiger partial charge on any atom is 0.232 e. The first kappa shape index (κ1) is 17.3. The van der Waals surface area contributed by atoms with Crippen LogP contribution >= 0.6 is 0 Å². The molecule has 6 nitrogen and oxygen atoms in total. The zero-order valence-corrected chi connectivity index (χ0v) is 15.0. The van der Waals surface area contributed by atoms with Crippen LogP contribution in [0.2, 0.25) is 0 Å². The monoisotopic (exact) mass is 364 g/mol. The standard InChI is InChI=1S/C21H20N2O4/c1-12-4-6-14(7-5-12)22-21(26)15-11-19(25)23-16-9-13(10-17(24)20(15)16)18-3-2-8-27-18/h2-8,13,15H,9-11H2,1H3,(H,22,26)(H,23,25)/t13-,15+/m1/s1. The third-order valence-electron chi connectivity index (χ3n) is 5.12. The Balaban J connectivity index is 1.60. The molecule has 1 aromatic carbocycles. The van der Waals surface area contributed by atoms with E-state index in [-0.39, 0.29) is 36.4 Å². The summed E-state index contributed by atoms with van der Waals surface area (Å²) in [6.45, 7) is 1.96. The molecule has 6 heteroatoms. The molecule has 2 atom stereocenters. The third kappa shape index (κ3) is 3.43. The normalized spacial score (nSPS) is 22.3. The maximum atomic E-state index is 12.8. The highest BCUT2D eigenvalue weighted by Crippen LogP contribution is 2.39. The lowest BCUT2D eigenvalue weighted by molar-refractivity contribution is -0.129. The predicted molar refractivity (Wildman–Crippen MR) is 98.8 cm³/mol. The number of allylic oxidation sites excluding steroid dienone is 1. The van der Waals surface area contributed by atoms with Gasteiger partial charge in [0.15, 0.2) is 5.78 Å². The lowest BCUT2D eigenvalue weighted by Gasteiger charge is -2.32. The van der Waals surface area contributed by atoms with Crippen LogP contribution in [0.4, 0.5) is 5.69 Å².